The second kappa shape index (κ2) is 7.38. The summed E-state index contributed by atoms with van der Waals surface area (Å²) in [5.41, 5.74) is 1.44. The van der Waals surface area contributed by atoms with Crippen molar-refractivity contribution in [2.45, 2.75) is 25.4 Å². The summed E-state index contributed by atoms with van der Waals surface area (Å²) >= 11 is 0. The zero-order valence-corrected chi connectivity index (χ0v) is 12.5. The van der Waals surface area contributed by atoms with Crippen LogP contribution in [-0.4, -0.2) is 46.7 Å². The van der Waals surface area contributed by atoms with Crippen molar-refractivity contribution in [1.29, 1.82) is 0 Å². The SMILES string of the molecule is c1ccc(CCN2CCC(NCCn3ccnc3)C2)cc1. The lowest BCUT2D eigenvalue weighted by Gasteiger charge is -2.16. The summed E-state index contributed by atoms with van der Waals surface area (Å²) in [6.45, 7) is 5.59. The Morgan fingerprint density at radius 3 is 2.90 bits per heavy atom. The molecule has 1 atom stereocenters. The van der Waals surface area contributed by atoms with E-state index in [2.05, 4.69) is 50.1 Å². The zero-order valence-electron chi connectivity index (χ0n) is 12.5. The van der Waals surface area contributed by atoms with Crippen LogP contribution in [0.5, 0.6) is 0 Å². The van der Waals surface area contributed by atoms with Gasteiger partial charge in [0, 0.05) is 44.6 Å². The molecule has 1 aliphatic heterocycles. The van der Waals surface area contributed by atoms with Crippen molar-refractivity contribution in [3.8, 4) is 0 Å². The van der Waals surface area contributed by atoms with E-state index >= 15 is 0 Å². The molecular formula is C17H24N4. The molecule has 0 spiro atoms. The van der Waals surface area contributed by atoms with Gasteiger partial charge in [-0.15, -0.1) is 0 Å². The molecule has 1 fully saturated rings. The second-order valence-electron chi connectivity index (χ2n) is 5.78. The van der Waals surface area contributed by atoms with Crippen LogP contribution in [0.1, 0.15) is 12.0 Å². The lowest BCUT2D eigenvalue weighted by Crippen LogP contribution is -2.35. The molecule has 0 amide bonds. The van der Waals surface area contributed by atoms with Gasteiger partial charge < -0.3 is 14.8 Å². The van der Waals surface area contributed by atoms with Crippen molar-refractivity contribution in [2.24, 2.45) is 0 Å². The first-order chi connectivity index (χ1) is 10.4. The Hall–Kier alpha value is -1.65. The molecule has 3 rings (SSSR count). The van der Waals surface area contributed by atoms with Gasteiger partial charge in [0.15, 0.2) is 0 Å². The van der Waals surface area contributed by atoms with Crippen LogP contribution < -0.4 is 5.32 Å². The van der Waals surface area contributed by atoms with Gasteiger partial charge in [-0.2, -0.15) is 0 Å². The molecule has 1 aromatic carbocycles. The predicted molar refractivity (Wildman–Crippen MR) is 85.2 cm³/mol. The number of aromatic nitrogens is 2. The van der Waals surface area contributed by atoms with Crippen LogP contribution in [0.15, 0.2) is 49.1 Å². The van der Waals surface area contributed by atoms with E-state index in [4.69, 9.17) is 0 Å². The molecule has 21 heavy (non-hydrogen) atoms. The molecule has 4 nitrogen and oxygen atoms in total. The van der Waals surface area contributed by atoms with E-state index in [1.54, 1.807) is 0 Å². The Balaban J connectivity index is 1.33. The van der Waals surface area contributed by atoms with Crippen LogP contribution in [0.25, 0.3) is 0 Å². The largest absolute Gasteiger partial charge is 0.336 e. The number of likely N-dealkylation sites (tertiary alicyclic amines) is 1. The van der Waals surface area contributed by atoms with E-state index < -0.39 is 0 Å². The number of imidazole rings is 1. The van der Waals surface area contributed by atoms with Crippen LogP contribution in [-0.2, 0) is 13.0 Å². The van der Waals surface area contributed by atoms with Gasteiger partial charge >= 0.3 is 0 Å². The Labute approximate surface area is 126 Å². The van der Waals surface area contributed by atoms with Gasteiger partial charge in [0.2, 0.25) is 0 Å². The third kappa shape index (κ3) is 4.41. The van der Waals surface area contributed by atoms with Crippen LogP contribution >= 0.6 is 0 Å². The third-order valence-electron chi connectivity index (χ3n) is 4.19. The fraction of sp³-hybridized carbons (Fsp3) is 0.471. The number of benzene rings is 1. The average molecular weight is 284 g/mol. The third-order valence-corrected chi connectivity index (χ3v) is 4.19. The first-order valence-electron chi connectivity index (χ1n) is 7.85. The molecule has 2 aromatic rings. The molecular weight excluding hydrogens is 260 g/mol. The monoisotopic (exact) mass is 284 g/mol. The fourth-order valence-electron chi connectivity index (χ4n) is 2.95. The van der Waals surface area contributed by atoms with Crippen molar-refractivity contribution in [3.05, 3.63) is 54.6 Å². The average Bonchev–Trinajstić information content (AvgIpc) is 3.18. The highest BCUT2D eigenvalue weighted by atomic mass is 15.2. The topological polar surface area (TPSA) is 33.1 Å². The Morgan fingerprint density at radius 2 is 2.10 bits per heavy atom. The first kappa shape index (κ1) is 14.3. The zero-order chi connectivity index (χ0) is 14.3. The van der Waals surface area contributed by atoms with Gasteiger partial charge in [-0.05, 0) is 24.9 Å². The van der Waals surface area contributed by atoms with Gasteiger partial charge in [0.25, 0.3) is 0 Å². The highest BCUT2D eigenvalue weighted by Crippen LogP contribution is 2.10. The van der Waals surface area contributed by atoms with Crippen molar-refractivity contribution >= 4 is 0 Å². The Bertz CT molecular complexity index is 509. The number of hydrogen-bond donors (Lipinski definition) is 1. The summed E-state index contributed by atoms with van der Waals surface area (Å²) < 4.78 is 2.12. The molecule has 1 unspecified atom stereocenters. The van der Waals surface area contributed by atoms with E-state index in [1.165, 1.54) is 31.6 Å². The van der Waals surface area contributed by atoms with E-state index in [-0.39, 0.29) is 0 Å². The highest BCUT2D eigenvalue weighted by Gasteiger charge is 2.21. The summed E-state index contributed by atoms with van der Waals surface area (Å²) in [6.07, 6.45) is 8.15. The van der Waals surface area contributed by atoms with Crippen LogP contribution in [0.4, 0.5) is 0 Å². The fourth-order valence-corrected chi connectivity index (χ4v) is 2.95. The predicted octanol–water partition coefficient (Wildman–Crippen LogP) is 1.79. The second-order valence-corrected chi connectivity index (χ2v) is 5.78. The molecule has 0 radical (unpaired) electrons. The van der Waals surface area contributed by atoms with Crippen molar-refractivity contribution < 1.29 is 0 Å². The molecule has 112 valence electrons. The van der Waals surface area contributed by atoms with Gasteiger partial charge in [0.1, 0.15) is 0 Å². The molecule has 1 N–H and O–H groups in total. The van der Waals surface area contributed by atoms with E-state index in [1.807, 2.05) is 18.7 Å². The summed E-state index contributed by atoms with van der Waals surface area (Å²) in [4.78, 5) is 6.64. The lowest BCUT2D eigenvalue weighted by atomic mass is 10.1. The maximum absolute atomic E-state index is 4.06. The number of rotatable bonds is 7. The molecule has 0 aliphatic carbocycles. The maximum Gasteiger partial charge on any atom is 0.0946 e. The summed E-state index contributed by atoms with van der Waals surface area (Å²) in [7, 11) is 0. The summed E-state index contributed by atoms with van der Waals surface area (Å²) in [5.74, 6) is 0. The Kier molecular flexibility index (Phi) is 5.03. The van der Waals surface area contributed by atoms with Crippen molar-refractivity contribution in [3.63, 3.8) is 0 Å². The normalized spacial score (nSPS) is 19.1. The lowest BCUT2D eigenvalue weighted by molar-refractivity contribution is 0.331. The molecule has 1 saturated heterocycles. The van der Waals surface area contributed by atoms with Crippen molar-refractivity contribution in [1.82, 2.24) is 19.8 Å². The molecule has 1 aliphatic rings. The molecule has 0 bridgehead atoms. The Morgan fingerprint density at radius 1 is 1.19 bits per heavy atom. The van der Waals surface area contributed by atoms with Gasteiger partial charge in [-0.25, -0.2) is 4.98 Å². The highest BCUT2D eigenvalue weighted by molar-refractivity contribution is 5.14. The van der Waals surface area contributed by atoms with E-state index in [0.717, 1.165) is 19.5 Å². The minimum atomic E-state index is 0.643. The quantitative estimate of drug-likeness (QED) is 0.841. The summed E-state index contributed by atoms with van der Waals surface area (Å²) in [6, 6.07) is 11.4. The summed E-state index contributed by atoms with van der Waals surface area (Å²) in [5, 5.41) is 3.66. The standard InChI is InChI=1S/C17H24N4/c1-2-4-16(5-3-1)6-10-20-11-7-17(14-20)19-9-13-21-12-8-18-15-21/h1-5,8,12,15,17,19H,6-7,9-11,13-14H2. The molecule has 0 saturated carbocycles. The van der Waals surface area contributed by atoms with Crippen LogP contribution in [0.3, 0.4) is 0 Å². The number of nitrogens with one attached hydrogen (secondary N) is 1. The smallest absolute Gasteiger partial charge is 0.0946 e. The van der Waals surface area contributed by atoms with Gasteiger partial charge in [-0.1, -0.05) is 30.3 Å². The maximum atomic E-state index is 4.06. The minimum absolute atomic E-state index is 0.643. The van der Waals surface area contributed by atoms with Crippen LogP contribution in [0.2, 0.25) is 0 Å². The number of hydrogen-bond acceptors (Lipinski definition) is 3. The van der Waals surface area contributed by atoms with Gasteiger partial charge in [-0.3, -0.25) is 0 Å². The van der Waals surface area contributed by atoms with E-state index in [0.29, 0.717) is 6.04 Å². The minimum Gasteiger partial charge on any atom is -0.336 e. The molecule has 1 aromatic heterocycles. The molecule has 2 heterocycles. The first-order valence-corrected chi connectivity index (χ1v) is 7.85. The van der Waals surface area contributed by atoms with Crippen LogP contribution in [0, 0.1) is 0 Å². The number of nitrogens with zero attached hydrogens (tertiary/aromatic N) is 3. The molecule has 4 heteroatoms. The van der Waals surface area contributed by atoms with E-state index in [9.17, 15) is 0 Å². The van der Waals surface area contributed by atoms with Crippen molar-refractivity contribution in [2.75, 3.05) is 26.2 Å². The van der Waals surface area contributed by atoms with Gasteiger partial charge in [0.05, 0.1) is 6.33 Å².